The van der Waals surface area contributed by atoms with Gasteiger partial charge in [-0.25, -0.2) is 4.98 Å². The van der Waals surface area contributed by atoms with Gasteiger partial charge in [0.25, 0.3) is 0 Å². The molecular formula is C26H35N3O2. The molecule has 1 aromatic heterocycles. The molecule has 0 spiro atoms. The lowest BCUT2D eigenvalue weighted by Crippen LogP contribution is -2.48. The van der Waals surface area contributed by atoms with Crippen molar-refractivity contribution in [3.63, 3.8) is 0 Å². The molecule has 1 saturated heterocycles. The van der Waals surface area contributed by atoms with Crippen LogP contribution in [-0.4, -0.2) is 47.1 Å². The molecule has 2 heterocycles. The van der Waals surface area contributed by atoms with Gasteiger partial charge in [0.2, 0.25) is 5.91 Å². The van der Waals surface area contributed by atoms with Crippen LogP contribution in [0.1, 0.15) is 58.2 Å². The highest BCUT2D eigenvalue weighted by atomic mass is 16.3. The number of aromatic nitrogens is 1. The van der Waals surface area contributed by atoms with E-state index >= 15 is 0 Å². The molecule has 1 aliphatic rings. The number of benzene rings is 1. The van der Waals surface area contributed by atoms with Gasteiger partial charge in [0.05, 0.1) is 0 Å². The number of aromatic hydroxyl groups is 1. The first-order valence-corrected chi connectivity index (χ1v) is 11.0. The minimum absolute atomic E-state index is 0.0170. The van der Waals surface area contributed by atoms with Gasteiger partial charge >= 0.3 is 0 Å². The van der Waals surface area contributed by atoms with Gasteiger partial charge in [-0.15, -0.1) is 0 Å². The number of hydrogen-bond donors (Lipinski definition) is 1. The van der Waals surface area contributed by atoms with Crippen molar-refractivity contribution in [1.82, 2.24) is 9.88 Å². The molecule has 0 saturated carbocycles. The summed E-state index contributed by atoms with van der Waals surface area (Å²) in [6.07, 6.45) is 5.32. The molecule has 3 rings (SSSR count). The molecule has 5 heteroatoms. The zero-order chi connectivity index (χ0) is 22.8. The summed E-state index contributed by atoms with van der Waals surface area (Å²) in [5, 5.41) is 10.9. The van der Waals surface area contributed by atoms with Crippen LogP contribution in [0, 0.1) is 0 Å². The van der Waals surface area contributed by atoms with E-state index in [9.17, 15) is 9.90 Å². The van der Waals surface area contributed by atoms with E-state index in [0.29, 0.717) is 18.8 Å². The van der Waals surface area contributed by atoms with Crippen LogP contribution in [0.2, 0.25) is 0 Å². The maximum atomic E-state index is 12.8. The number of carbonyl (C=O) groups excluding carboxylic acids is 1. The van der Waals surface area contributed by atoms with Gasteiger partial charge in [-0.05, 0) is 46.7 Å². The molecule has 0 aliphatic carbocycles. The third kappa shape index (κ3) is 5.46. The summed E-state index contributed by atoms with van der Waals surface area (Å²) in [6.45, 7) is 15.5. The number of rotatable bonds is 3. The van der Waals surface area contributed by atoms with E-state index in [1.54, 1.807) is 12.3 Å². The molecule has 31 heavy (non-hydrogen) atoms. The van der Waals surface area contributed by atoms with Crippen molar-refractivity contribution in [3.8, 4) is 5.75 Å². The first kappa shape index (κ1) is 22.9. The molecule has 166 valence electrons. The third-order valence-corrected chi connectivity index (χ3v) is 5.73. The fourth-order valence-electron chi connectivity index (χ4n) is 3.87. The van der Waals surface area contributed by atoms with Gasteiger partial charge in [-0.1, -0.05) is 47.6 Å². The first-order valence-electron chi connectivity index (χ1n) is 11.0. The van der Waals surface area contributed by atoms with Crippen molar-refractivity contribution in [1.29, 1.82) is 0 Å². The van der Waals surface area contributed by atoms with Crippen molar-refractivity contribution in [3.05, 3.63) is 59.3 Å². The SMILES string of the molecule is CC(C)(C)c1cc(/C=C/C(=O)N2CCN(c3ccccn3)CC2)cc(C(C)(C)C)c1O. The van der Waals surface area contributed by atoms with E-state index in [1.165, 1.54) is 0 Å². The van der Waals surface area contributed by atoms with E-state index < -0.39 is 0 Å². The molecule has 1 N–H and O–H groups in total. The number of phenolic OH excluding ortho intramolecular Hbond substituents is 1. The number of pyridine rings is 1. The maximum absolute atomic E-state index is 12.8. The van der Waals surface area contributed by atoms with Gasteiger partial charge in [0.1, 0.15) is 11.6 Å². The Morgan fingerprint density at radius 2 is 1.55 bits per heavy atom. The van der Waals surface area contributed by atoms with Gasteiger partial charge in [0, 0.05) is 49.6 Å². The van der Waals surface area contributed by atoms with Crippen LogP contribution in [-0.2, 0) is 15.6 Å². The zero-order valence-corrected chi connectivity index (χ0v) is 19.6. The van der Waals surface area contributed by atoms with Crippen molar-refractivity contribution < 1.29 is 9.90 Å². The quantitative estimate of drug-likeness (QED) is 0.727. The van der Waals surface area contributed by atoms with Crippen LogP contribution in [0.4, 0.5) is 5.82 Å². The number of nitrogens with zero attached hydrogens (tertiary/aromatic N) is 3. The second-order valence-electron chi connectivity index (χ2n) is 10.3. The lowest BCUT2D eigenvalue weighted by molar-refractivity contribution is -0.126. The smallest absolute Gasteiger partial charge is 0.246 e. The molecule has 0 bridgehead atoms. The second-order valence-corrected chi connectivity index (χ2v) is 10.3. The lowest BCUT2D eigenvalue weighted by Gasteiger charge is -2.34. The number of hydrogen-bond acceptors (Lipinski definition) is 4. The number of anilines is 1. The molecule has 1 aromatic carbocycles. The molecule has 5 nitrogen and oxygen atoms in total. The molecule has 0 radical (unpaired) electrons. The van der Waals surface area contributed by atoms with Gasteiger partial charge in [-0.3, -0.25) is 4.79 Å². The summed E-state index contributed by atoms with van der Waals surface area (Å²) in [7, 11) is 0. The summed E-state index contributed by atoms with van der Waals surface area (Å²) < 4.78 is 0. The summed E-state index contributed by atoms with van der Waals surface area (Å²) >= 11 is 0. The van der Waals surface area contributed by atoms with Crippen LogP contribution in [0.5, 0.6) is 5.75 Å². The Morgan fingerprint density at radius 1 is 0.968 bits per heavy atom. The third-order valence-electron chi connectivity index (χ3n) is 5.73. The van der Waals surface area contributed by atoms with E-state index in [4.69, 9.17) is 0 Å². The van der Waals surface area contributed by atoms with Crippen molar-refractivity contribution in [2.45, 2.75) is 52.4 Å². The Hall–Kier alpha value is -2.82. The van der Waals surface area contributed by atoms with E-state index in [0.717, 1.165) is 35.6 Å². The minimum Gasteiger partial charge on any atom is -0.507 e. The Bertz CT molecular complexity index is 910. The normalized spacial score (nSPS) is 15.5. The average molecular weight is 422 g/mol. The predicted octanol–water partition coefficient (Wildman–Crippen LogP) is 4.74. The average Bonchev–Trinajstić information content (AvgIpc) is 2.72. The monoisotopic (exact) mass is 421 g/mol. The van der Waals surface area contributed by atoms with Crippen molar-refractivity contribution >= 4 is 17.8 Å². The second kappa shape index (κ2) is 8.74. The van der Waals surface area contributed by atoms with Crippen LogP contribution >= 0.6 is 0 Å². The Morgan fingerprint density at radius 3 is 2.03 bits per heavy atom. The number of piperazine rings is 1. The number of carbonyl (C=O) groups is 1. The summed E-state index contributed by atoms with van der Waals surface area (Å²) in [6, 6.07) is 9.88. The zero-order valence-electron chi connectivity index (χ0n) is 19.6. The molecule has 2 aromatic rings. The van der Waals surface area contributed by atoms with Crippen molar-refractivity contribution in [2.24, 2.45) is 0 Å². The number of amides is 1. The van der Waals surface area contributed by atoms with Crippen LogP contribution in [0.25, 0.3) is 6.08 Å². The maximum Gasteiger partial charge on any atom is 0.246 e. The molecule has 1 fully saturated rings. The highest BCUT2D eigenvalue weighted by Gasteiger charge is 2.26. The molecular weight excluding hydrogens is 386 g/mol. The van der Waals surface area contributed by atoms with E-state index in [2.05, 4.69) is 51.4 Å². The van der Waals surface area contributed by atoms with Crippen molar-refractivity contribution in [2.75, 3.05) is 31.1 Å². The Labute approximate surface area is 186 Å². The van der Waals surface area contributed by atoms with Gasteiger partial charge < -0.3 is 14.9 Å². The lowest BCUT2D eigenvalue weighted by atomic mass is 9.78. The summed E-state index contributed by atoms with van der Waals surface area (Å²) in [4.78, 5) is 21.3. The highest BCUT2D eigenvalue weighted by molar-refractivity contribution is 5.92. The largest absolute Gasteiger partial charge is 0.507 e. The van der Waals surface area contributed by atoms with E-state index in [-0.39, 0.29) is 16.7 Å². The van der Waals surface area contributed by atoms with Gasteiger partial charge in [-0.2, -0.15) is 0 Å². The summed E-state index contributed by atoms with van der Waals surface area (Å²) in [5.74, 6) is 1.33. The fraction of sp³-hybridized carbons (Fsp3) is 0.462. The molecule has 0 unspecified atom stereocenters. The topological polar surface area (TPSA) is 56.7 Å². The van der Waals surface area contributed by atoms with Crippen LogP contribution < -0.4 is 4.90 Å². The molecule has 0 atom stereocenters. The Balaban J connectivity index is 1.75. The standard InChI is InChI=1S/C26H35N3O2/c1-25(2,3)20-17-19(18-21(24(20)31)26(4,5)6)10-11-23(30)29-15-13-28(14-16-29)22-9-7-8-12-27-22/h7-12,17-18,31H,13-16H2,1-6H3/b11-10+. The molecule has 1 aliphatic heterocycles. The summed E-state index contributed by atoms with van der Waals surface area (Å²) in [5.41, 5.74) is 2.35. The predicted molar refractivity (Wildman–Crippen MR) is 128 cm³/mol. The van der Waals surface area contributed by atoms with Gasteiger partial charge in [0.15, 0.2) is 0 Å². The minimum atomic E-state index is -0.195. The van der Waals surface area contributed by atoms with Crippen LogP contribution in [0.3, 0.4) is 0 Å². The highest BCUT2D eigenvalue weighted by Crippen LogP contribution is 2.40. The molecule has 1 amide bonds. The number of phenols is 1. The Kier molecular flexibility index (Phi) is 6.44. The first-order chi connectivity index (χ1) is 14.5. The fourth-order valence-corrected chi connectivity index (χ4v) is 3.87. The van der Waals surface area contributed by atoms with E-state index in [1.807, 2.05) is 41.3 Å². The van der Waals surface area contributed by atoms with Crippen LogP contribution in [0.15, 0.2) is 42.6 Å².